The van der Waals surface area contributed by atoms with Crippen LogP contribution in [0.25, 0.3) is 5.76 Å². The number of fused-ring (bicyclic) bond motifs is 3. The van der Waals surface area contributed by atoms with E-state index in [1.54, 1.807) is 0 Å². The molecule has 1 amide bonds. The van der Waals surface area contributed by atoms with Crippen molar-refractivity contribution in [3.05, 3.63) is 45.7 Å². The monoisotopic (exact) mass is 484 g/mol. The molecule has 4 rings (SSSR count). The normalized spacial score (nSPS) is 27.9. The Bertz CT molecular complexity index is 1300. The SMILES string of the molecule is CN(C)[C@@H]1C(=O)C(C(N)=O)=C(O)[C@@]2(O)C(=O)C3=C(O)c4c(O)ccc(C#CC(O)O)c4C[C@H]3C[C@@H]12. The molecule has 0 heterocycles. The van der Waals surface area contributed by atoms with Crippen LogP contribution in [-0.4, -0.2) is 85.0 Å². The lowest BCUT2D eigenvalue weighted by Gasteiger charge is -2.50. The average molecular weight is 484 g/mol. The lowest BCUT2D eigenvalue weighted by molar-refractivity contribution is -0.153. The van der Waals surface area contributed by atoms with Crippen LogP contribution in [0.4, 0.5) is 0 Å². The fraction of sp³-hybridized carbons (Fsp3) is 0.375. The largest absolute Gasteiger partial charge is 0.508 e. The highest BCUT2D eigenvalue weighted by atomic mass is 16.5. The molecule has 4 atom stereocenters. The quantitative estimate of drug-likeness (QED) is 0.149. The molecule has 0 spiro atoms. The molecule has 1 saturated carbocycles. The summed E-state index contributed by atoms with van der Waals surface area (Å²) in [4.78, 5) is 40.1. The third kappa shape index (κ3) is 3.42. The van der Waals surface area contributed by atoms with Gasteiger partial charge in [0.25, 0.3) is 5.91 Å². The van der Waals surface area contributed by atoms with Gasteiger partial charge in [-0.15, -0.1) is 0 Å². The Morgan fingerprint density at radius 1 is 1.20 bits per heavy atom. The molecule has 11 nitrogen and oxygen atoms in total. The number of primary amides is 1. The van der Waals surface area contributed by atoms with E-state index >= 15 is 0 Å². The molecule has 3 aliphatic carbocycles. The number of amides is 1. The van der Waals surface area contributed by atoms with Gasteiger partial charge in [0.1, 0.15) is 22.8 Å². The van der Waals surface area contributed by atoms with Gasteiger partial charge in [-0.25, -0.2) is 0 Å². The zero-order chi connectivity index (χ0) is 26.0. The third-order valence-electron chi connectivity index (χ3n) is 6.94. The first-order chi connectivity index (χ1) is 16.3. The highest BCUT2D eigenvalue weighted by Crippen LogP contribution is 2.52. The van der Waals surface area contributed by atoms with Crippen molar-refractivity contribution >= 4 is 23.2 Å². The predicted octanol–water partition coefficient (Wildman–Crippen LogP) is -1.37. The van der Waals surface area contributed by atoms with Gasteiger partial charge in [-0.3, -0.25) is 19.3 Å². The molecule has 0 aliphatic heterocycles. The van der Waals surface area contributed by atoms with E-state index in [9.17, 15) is 34.8 Å². The van der Waals surface area contributed by atoms with Gasteiger partial charge in [-0.2, -0.15) is 0 Å². The summed E-state index contributed by atoms with van der Waals surface area (Å²) in [5, 5.41) is 62.0. The molecule has 0 saturated heterocycles. The standard InChI is InChI=1S/C24H24N2O9/c1-26(2)18-12-8-10-7-11-9(4-6-14(28)29)3-5-13(27)16(11)19(30)15(10)21(32)24(12,35)22(33)17(20(18)31)23(25)34/h3,5,10,12,14,18,27-30,33,35H,7-8H2,1-2H3,(H2,25,34)/t10-,12-,18-,24-/m0/s1. The number of phenols is 1. The zero-order valence-electron chi connectivity index (χ0n) is 18.8. The van der Waals surface area contributed by atoms with Crippen LogP contribution in [0.15, 0.2) is 29.0 Å². The van der Waals surface area contributed by atoms with E-state index in [1.807, 2.05) is 0 Å². The fourth-order valence-electron chi connectivity index (χ4n) is 5.50. The van der Waals surface area contributed by atoms with Crippen LogP contribution in [0.1, 0.15) is 23.1 Å². The van der Waals surface area contributed by atoms with E-state index < -0.39 is 64.3 Å². The maximum Gasteiger partial charge on any atom is 0.255 e. The summed E-state index contributed by atoms with van der Waals surface area (Å²) in [6, 6.07) is 1.45. The molecule has 1 fully saturated rings. The Kier molecular flexibility index (Phi) is 5.73. The Balaban J connectivity index is 1.97. The van der Waals surface area contributed by atoms with Crippen LogP contribution in [-0.2, 0) is 20.8 Å². The highest BCUT2D eigenvalue weighted by Gasteiger charge is 2.64. The van der Waals surface area contributed by atoms with Gasteiger partial charge in [0.2, 0.25) is 12.1 Å². The second-order valence-corrected chi connectivity index (χ2v) is 9.09. The summed E-state index contributed by atoms with van der Waals surface area (Å²) in [6.45, 7) is 0. The molecule has 184 valence electrons. The number of benzene rings is 1. The molecule has 11 heteroatoms. The van der Waals surface area contributed by atoms with Crippen molar-refractivity contribution in [3.8, 4) is 17.6 Å². The average Bonchev–Trinajstić information content (AvgIpc) is 2.75. The van der Waals surface area contributed by atoms with E-state index in [4.69, 9.17) is 15.9 Å². The third-order valence-corrected chi connectivity index (χ3v) is 6.94. The first kappa shape index (κ1) is 24.4. The maximum atomic E-state index is 13.7. The molecule has 3 aliphatic rings. The van der Waals surface area contributed by atoms with Crippen LogP contribution in [0.2, 0.25) is 0 Å². The second kappa shape index (κ2) is 8.21. The van der Waals surface area contributed by atoms with Crippen LogP contribution < -0.4 is 5.73 Å². The van der Waals surface area contributed by atoms with Crippen molar-refractivity contribution in [2.24, 2.45) is 17.6 Å². The first-order valence-corrected chi connectivity index (χ1v) is 10.7. The predicted molar refractivity (Wildman–Crippen MR) is 119 cm³/mol. The molecule has 1 aromatic rings. The Morgan fingerprint density at radius 3 is 2.43 bits per heavy atom. The molecule has 1 aromatic carbocycles. The number of ketones is 2. The number of aliphatic hydroxyl groups is 5. The van der Waals surface area contributed by atoms with Gasteiger partial charge in [-0.05, 0) is 56.5 Å². The van der Waals surface area contributed by atoms with E-state index in [0.29, 0.717) is 5.56 Å². The number of aromatic hydroxyl groups is 1. The summed E-state index contributed by atoms with van der Waals surface area (Å²) in [6.07, 6.45) is -1.93. The van der Waals surface area contributed by atoms with Gasteiger partial charge in [0.05, 0.1) is 11.6 Å². The number of carbonyl (C=O) groups is 3. The summed E-state index contributed by atoms with van der Waals surface area (Å²) >= 11 is 0. The number of aliphatic hydroxyl groups excluding tert-OH is 3. The van der Waals surface area contributed by atoms with Crippen molar-refractivity contribution in [2.75, 3.05) is 14.1 Å². The van der Waals surface area contributed by atoms with E-state index in [1.165, 1.54) is 31.1 Å². The first-order valence-electron chi connectivity index (χ1n) is 10.7. The topological polar surface area (TPSA) is 202 Å². The number of nitrogens with two attached hydrogens (primary N) is 1. The van der Waals surface area contributed by atoms with Crippen molar-refractivity contribution in [2.45, 2.75) is 30.8 Å². The minimum atomic E-state index is -2.71. The molecular formula is C24H24N2O9. The molecule has 0 unspecified atom stereocenters. The number of hydrogen-bond acceptors (Lipinski definition) is 10. The number of phenolic OH excluding ortho intramolecular Hbond substituents is 1. The van der Waals surface area contributed by atoms with Gasteiger partial charge < -0.3 is 36.4 Å². The number of carbonyl (C=O) groups excluding carboxylic acids is 3. The van der Waals surface area contributed by atoms with Gasteiger partial charge in [0, 0.05) is 17.1 Å². The van der Waals surface area contributed by atoms with Crippen LogP contribution in [0.3, 0.4) is 0 Å². The van der Waals surface area contributed by atoms with Crippen molar-refractivity contribution in [1.82, 2.24) is 4.90 Å². The van der Waals surface area contributed by atoms with Gasteiger partial charge in [0.15, 0.2) is 11.4 Å². The van der Waals surface area contributed by atoms with Gasteiger partial charge in [-0.1, -0.05) is 5.92 Å². The van der Waals surface area contributed by atoms with Crippen molar-refractivity contribution < 1.29 is 45.0 Å². The number of likely N-dealkylation sites (N-methyl/N-ethyl adjacent to an activating group) is 1. The molecule has 0 aromatic heterocycles. The van der Waals surface area contributed by atoms with Crippen molar-refractivity contribution in [1.29, 1.82) is 0 Å². The van der Waals surface area contributed by atoms with Crippen molar-refractivity contribution in [3.63, 3.8) is 0 Å². The highest BCUT2D eigenvalue weighted by molar-refractivity contribution is 6.24. The maximum absolute atomic E-state index is 13.7. The number of nitrogens with zero attached hydrogens (tertiary/aromatic N) is 1. The Hall–Kier alpha value is -3.69. The van der Waals surface area contributed by atoms with E-state index in [2.05, 4.69) is 11.8 Å². The Labute approximate surface area is 199 Å². The molecule has 35 heavy (non-hydrogen) atoms. The fourth-order valence-corrected chi connectivity index (χ4v) is 5.50. The zero-order valence-corrected chi connectivity index (χ0v) is 18.8. The number of Topliss-reactive ketones (excluding diaryl/α,β-unsaturated/α-hetero) is 2. The van der Waals surface area contributed by atoms with Gasteiger partial charge >= 0.3 is 0 Å². The summed E-state index contributed by atoms with van der Waals surface area (Å²) in [5.41, 5.74) is 1.90. The summed E-state index contributed by atoms with van der Waals surface area (Å²) in [7, 11) is 3.03. The second-order valence-electron chi connectivity index (χ2n) is 9.09. The summed E-state index contributed by atoms with van der Waals surface area (Å²) < 4.78 is 0. The Morgan fingerprint density at radius 2 is 1.86 bits per heavy atom. The van der Waals surface area contributed by atoms with Crippen LogP contribution >= 0.6 is 0 Å². The van der Waals surface area contributed by atoms with Crippen LogP contribution in [0.5, 0.6) is 5.75 Å². The molecule has 0 radical (unpaired) electrons. The lowest BCUT2D eigenvalue weighted by atomic mass is 9.57. The molecule has 0 bridgehead atoms. The minimum Gasteiger partial charge on any atom is -0.508 e. The number of rotatable bonds is 2. The molecular weight excluding hydrogens is 460 g/mol. The van der Waals surface area contributed by atoms with Crippen LogP contribution in [0, 0.1) is 23.7 Å². The summed E-state index contributed by atoms with van der Waals surface area (Å²) in [5.74, 6) is -2.65. The van der Waals surface area contributed by atoms with E-state index in [-0.39, 0.29) is 35.3 Å². The molecule has 8 N–H and O–H groups in total. The smallest absolute Gasteiger partial charge is 0.255 e. The number of hydrogen-bond donors (Lipinski definition) is 7. The van der Waals surface area contributed by atoms with E-state index in [0.717, 1.165) is 0 Å². The lowest BCUT2D eigenvalue weighted by Crippen LogP contribution is -2.65. The minimum absolute atomic E-state index is 0.0501.